The summed E-state index contributed by atoms with van der Waals surface area (Å²) >= 11 is 6.16. The van der Waals surface area contributed by atoms with E-state index in [1.54, 1.807) is 48.7 Å². The fourth-order valence-corrected chi connectivity index (χ4v) is 4.01. The number of rotatable bonds is 10. The van der Waals surface area contributed by atoms with E-state index in [0.29, 0.717) is 50.0 Å². The van der Waals surface area contributed by atoms with Crippen molar-refractivity contribution in [3.8, 4) is 17.2 Å². The van der Waals surface area contributed by atoms with Crippen LogP contribution >= 0.6 is 11.6 Å². The molecule has 0 radical (unpaired) electrons. The number of H-pyrrole nitrogens is 1. The second-order valence-electron chi connectivity index (χ2n) is 7.69. The highest BCUT2D eigenvalue weighted by Gasteiger charge is 2.28. The van der Waals surface area contributed by atoms with E-state index in [9.17, 15) is 9.18 Å². The summed E-state index contributed by atoms with van der Waals surface area (Å²) in [5.41, 5.74) is 1.99. The Morgan fingerprint density at radius 1 is 1.09 bits per heavy atom. The van der Waals surface area contributed by atoms with E-state index in [4.69, 9.17) is 30.9 Å². The zero-order valence-electron chi connectivity index (χ0n) is 19.1. The maximum absolute atomic E-state index is 13.9. The van der Waals surface area contributed by atoms with E-state index >= 15 is 0 Å². The highest BCUT2D eigenvalue weighted by molar-refractivity contribution is 6.30. The van der Waals surface area contributed by atoms with Crippen LogP contribution in [0.15, 0.2) is 60.8 Å². The van der Waals surface area contributed by atoms with Crippen molar-refractivity contribution >= 4 is 34.0 Å². The third-order valence-corrected chi connectivity index (χ3v) is 5.70. The molecule has 0 saturated heterocycles. The predicted molar refractivity (Wildman–Crippen MR) is 133 cm³/mol. The first-order chi connectivity index (χ1) is 16.9. The molecule has 35 heavy (non-hydrogen) atoms. The van der Waals surface area contributed by atoms with Gasteiger partial charge in [0.1, 0.15) is 35.7 Å². The van der Waals surface area contributed by atoms with Crippen molar-refractivity contribution < 1.29 is 28.5 Å². The van der Waals surface area contributed by atoms with Crippen LogP contribution in [-0.2, 0) is 0 Å². The first-order valence-corrected chi connectivity index (χ1v) is 11.1. The summed E-state index contributed by atoms with van der Waals surface area (Å²) in [5.74, 6) is 0.703. The molecule has 0 aliphatic heterocycles. The fourth-order valence-electron chi connectivity index (χ4n) is 3.85. The molecule has 182 valence electrons. The molecule has 9 heteroatoms. The molecule has 7 nitrogen and oxygen atoms in total. The molecule has 0 saturated carbocycles. The van der Waals surface area contributed by atoms with Gasteiger partial charge < -0.3 is 29.6 Å². The van der Waals surface area contributed by atoms with Crippen LogP contribution in [0, 0.1) is 5.82 Å². The van der Waals surface area contributed by atoms with Crippen LogP contribution in [-0.4, -0.2) is 43.3 Å². The lowest BCUT2D eigenvalue weighted by atomic mass is 9.95. The molecular formula is C26H24ClFN2O5. The van der Waals surface area contributed by atoms with Crippen LogP contribution in [0.5, 0.6) is 17.2 Å². The number of methoxy groups -OCH3 is 2. The van der Waals surface area contributed by atoms with Crippen molar-refractivity contribution in [1.82, 2.24) is 4.98 Å². The van der Waals surface area contributed by atoms with Crippen LogP contribution in [0.3, 0.4) is 0 Å². The summed E-state index contributed by atoms with van der Waals surface area (Å²) in [4.78, 5) is 16.9. The van der Waals surface area contributed by atoms with Crippen molar-refractivity contribution in [3.05, 3.63) is 82.8 Å². The van der Waals surface area contributed by atoms with E-state index in [1.165, 1.54) is 26.4 Å². The number of fused-ring (bicyclic) bond motifs is 1. The number of aromatic nitrogens is 1. The minimum Gasteiger partial charge on any atom is -0.497 e. The standard InChI is InChI=1S/C26H24ClFN2O5/c1-33-18-11-17(12-19(13-18)35-8-7-31)30-25(21-5-3-15(27)9-24(21)34-2)26(32)22-14-29-23-10-16(28)4-6-20(22)23/h3-6,9-14,25,29-31H,7-8H2,1-2H3/t25-/m0/s1. The maximum atomic E-state index is 13.9. The zero-order valence-corrected chi connectivity index (χ0v) is 19.9. The van der Waals surface area contributed by atoms with Gasteiger partial charge in [-0.1, -0.05) is 17.7 Å². The van der Waals surface area contributed by atoms with Crippen LogP contribution < -0.4 is 19.5 Å². The number of hydrogen-bond acceptors (Lipinski definition) is 6. The average molecular weight is 499 g/mol. The number of aromatic amines is 1. The van der Waals surface area contributed by atoms with Gasteiger partial charge in [-0.25, -0.2) is 4.39 Å². The number of aliphatic hydroxyl groups is 1. The Morgan fingerprint density at radius 3 is 2.63 bits per heavy atom. The normalized spacial score (nSPS) is 11.8. The second kappa shape index (κ2) is 10.7. The Bertz CT molecular complexity index is 1360. The Hall–Kier alpha value is -3.75. The van der Waals surface area contributed by atoms with Gasteiger partial charge in [0.05, 0.1) is 20.8 Å². The molecule has 1 aromatic heterocycles. The molecule has 0 aliphatic carbocycles. The van der Waals surface area contributed by atoms with Gasteiger partial charge in [0.2, 0.25) is 0 Å². The number of aliphatic hydroxyl groups excluding tert-OH is 1. The topological polar surface area (TPSA) is 92.8 Å². The SMILES string of the molecule is COc1cc(N[C@H](C(=O)c2c[nH]c3cc(F)ccc23)c2ccc(Cl)cc2OC)cc(OCCO)c1. The maximum Gasteiger partial charge on any atom is 0.191 e. The van der Waals surface area contributed by atoms with Crippen LogP contribution in [0.25, 0.3) is 10.9 Å². The van der Waals surface area contributed by atoms with E-state index in [-0.39, 0.29) is 19.0 Å². The zero-order chi connectivity index (χ0) is 24.9. The molecule has 1 atom stereocenters. The van der Waals surface area contributed by atoms with Gasteiger partial charge in [-0.15, -0.1) is 0 Å². The number of anilines is 1. The van der Waals surface area contributed by atoms with Gasteiger partial charge in [-0.2, -0.15) is 0 Å². The second-order valence-corrected chi connectivity index (χ2v) is 8.13. The molecule has 4 aromatic rings. The Balaban J connectivity index is 1.80. The Labute approximate surface area is 206 Å². The number of carbonyl (C=O) groups excluding carboxylic acids is 1. The largest absolute Gasteiger partial charge is 0.497 e. The first kappa shape index (κ1) is 24.4. The number of nitrogens with one attached hydrogen (secondary N) is 2. The number of ketones is 1. The number of carbonyl (C=O) groups is 1. The number of ether oxygens (including phenoxy) is 3. The minimum absolute atomic E-state index is 0.103. The summed E-state index contributed by atoms with van der Waals surface area (Å²) in [5, 5.41) is 13.4. The predicted octanol–water partition coefficient (Wildman–Crippen LogP) is 5.38. The highest BCUT2D eigenvalue weighted by Crippen LogP contribution is 2.36. The molecular weight excluding hydrogens is 475 g/mol. The Morgan fingerprint density at radius 2 is 1.89 bits per heavy atom. The van der Waals surface area contributed by atoms with Crippen molar-refractivity contribution in [2.45, 2.75) is 6.04 Å². The van der Waals surface area contributed by atoms with Crippen molar-refractivity contribution in [2.75, 3.05) is 32.8 Å². The number of hydrogen-bond donors (Lipinski definition) is 3. The highest BCUT2D eigenvalue weighted by atomic mass is 35.5. The summed E-state index contributed by atoms with van der Waals surface area (Å²) < 4.78 is 30.2. The summed E-state index contributed by atoms with van der Waals surface area (Å²) in [6, 6.07) is 13.4. The third kappa shape index (κ3) is 5.34. The summed E-state index contributed by atoms with van der Waals surface area (Å²) in [6.07, 6.45) is 1.56. The molecule has 0 fully saturated rings. The molecule has 0 bridgehead atoms. The first-order valence-electron chi connectivity index (χ1n) is 10.8. The summed E-state index contributed by atoms with van der Waals surface area (Å²) in [6.45, 7) is -0.0455. The monoisotopic (exact) mass is 498 g/mol. The van der Waals surface area contributed by atoms with Gasteiger partial charge in [-0.3, -0.25) is 4.79 Å². The third-order valence-electron chi connectivity index (χ3n) is 5.46. The molecule has 0 spiro atoms. The number of Topliss-reactive ketones (excluding diaryl/α,β-unsaturated/α-hetero) is 1. The summed E-state index contributed by atoms with van der Waals surface area (Å²) in [7, 11) is 3.02. The lowest BCUT2D eigenvalue weighted by Gasteiger charge is -2.22. The van der Waals surface area contributed by atoms with Crippen LogP contribution in [0.4, 0.5) is 10.1 Å². The molecule has 3 aromatic carbocycles. The molecule has 0 aliphatic rings. The van der Waals surface area contributed by atoms with Gasteiger partial charge >= 0.3 is 0 Å². The molecule has 0 amide bonds. The van der Waals surface area contributed by atoms with Gasteiger partial charge in [0, 0.05) is 57.1 Å². The molecule has 4 rings (SSSR count). The Kier molecular flexibility index (Phi) is 7.43. The quantitative estimate of drug-likeness (QED) is 0.254. The van der Waals surface area contributed by atoms with Gasteiger partial charge in [0.15, 0.2) is 5.78 Å². The van der Waals surface area contributed by atoms with E-state index in [1.807, 2.05) is 0 Å². The van der Waals surface area contributed by atoms with Crippen molar-refractivity contribution in [3.63, 3.8) is 0 Å². The van der Waals surface area contributed by atoms with E-state index < -0.39 is 11.9 Å². The fraction of sp³-hybridized carbons (Fsp3) is 0.192. The van der Waals surface area contributed by atoms with Crippen molar-refractivity contribution in [1.29, 1.82) is 0 Å². The minimum atomic E-state index is -0.899. The van der Waals surface area contributed by atoms with E-state index in [0.717, 1.165) is 0 Å². The smallest absolute Gasteiger partial charge is 0.191 e. The van der Waals surface area contributed by atoms with Crippen LogP contribution in [0.1, 0.15) is 22.0 Å². The molecule has 3 N–H and O–H groups in total. The van der Waals surface area contributed by atoms with Gasteiger partial charge in [0.25, 0.3) is 0 Å². The van der Waals surface area contributed by atoms with Crippen molar-refractivity contribution in [2.24, 2.45) is 0 Å². The number of halogens is 2. The molecule has 0 unspecified atom stereocenters. The van der Waals surface area contributed by atoms with Crippen LogP contribution in [0.2, 0.25) is 5.02 Å². The molecule has 1 heterocycles. The number of benzene rings is 3. The lowest BCUT2D eigenvalue weighted by Crippen LogP contribution is -2.22. The van der Waals surface area contributed by atoms with E-state index in [2.05, 4.69) is 10.3 Å². The lowest BCUT2D eigenvalue weighted by molar-refractivity contribution is 0.0970. The van der Waals surface area contributed by atoms with Gasteiger partial charge in [-0.05, 0) is 30.3 Å². The average Bonchev–Trinajstić information content (AvgIpc) is 3.28.